The quantitative estimate of drug-likeness (QED) is 0.391. The van der Waals surface area contributed by atoms with Crippen LogP contribution in [0.3, 0.4) is 0 Å². The number of anilines is 2. The maximum atomic E-state index is 14.5. The van der Waals surface area contributed by atoms with Gasteiger partial charge in [-0.05, 0) is 18.6 Å². The molecule has 0 radical (unpaired) electrons. The van der Waals surface area contributed by atoms with E-state index in [0.29, 0.717) is 24.1 Å². The molecule has 172 valence electrons. The lowest BCUT2D eigenvalue weighted by molar-refractivity contribution is 0.551. The van der Waals surface area contributed by atoms with Gasteiger partial charge in [-0.1, -0.05) is 19.4 Å². The molecule has 0 spiro atoms. The summed E-state index contributed by atoms with van der Waals surface area (Å²) in [6.07, 6.45) is 5.34. The zero-order valence-electron chi connectivity index (χ0n) is 17.8. The molecule has 0 amide bonds. The maximum absolute atomic E-state index is 14.5. The van der Waals surface area contributed by atoms with Crippen LogP contribution in [-0.4, -0.2) is 39.2 Å². The van der Waals surface area contributed by atoms with E-state index in [2.05, 4.69) is 25.4 Å². The molecule has 0 fully saturated rings. The largest absolute Gasteiger partial charge is 0.382 e. The fourth-order valence-electron chi connectivity index (χ4n) is 3.50. The van der Waals surface area contributed by atoms with E-state index < -0.39 is 32.7 Å². The normalized spacial score (nSPS) is 12.7. The number of fused-ring (bicyclic) bond motifs is 1. The smallest absolute Gasteiger partial charge is 0.249 e. The van der Waals surface area contributed by atoms with Crippen molar-refractivity contribution in [3.8, 4) is 11.3 Å². The first-order chi connectivity index (χ1) is 15.7. The van der Waals surface area contributed by atoms with Gasteiger partial charge in [0.15, 0.2) is 11.5 Å². The van der Waals surface area contributed by atoms with Crippen molar-refractivity contribution >= 4 is 27.1 Å². The van der Waals surface area contributed by atoms with Gasteiger partial charge >= 0.3 is 0 Å². The van der Waals surface area contributed by atoms with Crippen molar-refractivity contribution in [1.82, 2.24) is 24.6 Å². The number of nitrogens with zero attached hydrogens (tertiary/aromatic N) is 5. The van der Waals surface area contributed by atoms with Crippen LogP contribution in [0, 0.1) is 11.6 Å². The first-order valence-corrected chi connectivity index (χ1v) is 12.0. The molecule has 0 aliphatic carbocycles. The lowest BCUT2D eigenvalue weighted by Gasteiger charge is -2.20. The highest BCUT2D eigenvalue weighted by molar-refractivity contribution is 7.90. The van der Waals surface area contributed by atoms with Crippen LogP contribution in [0.15, 0.2) is 47.9 Å². The molecule has 0 aliphatic heterocycles. The molecule has 0 aliphatic rings. The second-order valence-corrected chi connectivity index (χ2v) is 9.40. The van der Waals surface area contributed by atoms with Gasteiger partial charge in [-0.15, -0.1) is 5.10 Å². The standard InChI is InChI=1S/C21H21F2N7O2S/c1-3-5-15(13-7-6-12(22)10-14(13)23)26-17-11-16(27-21(28-17)33(2,31)32)18-19(24)29-30-9-4-8-25-20(18)30/h4,6-11,15H,3,5H2,1-2H3,(H2,24,29)(H,26,27,28)/t15-/m0/s1. The molecule has 3 aromatic heterocycles. The predicted molar refractivity (Wildman–Crippen MR) is 119 cm³/mol. The molecule has 4 aromatic rings. The Hall–Kier alpha value is -3.67. The van der Waals surface area contributed by atoms with E-state index in [-0.39, 0.29) is 22.9 Å². The number of nitrogens with one attached hydrogen (secondary N) is 1. The third-order valence-corrected chi connectivity index (χ3v) is 5.80. The average molecular weight is 474 g/mol. The van der Waals surface area contributed by atoms with Crippen LogP contribution in [0.2, 0.25) is 0 Å². The number of hydrogen-bond donors (Lipinski definition) is 2. The lowest BCUT2D eigenvalue weighted by atomic mass is 10.0. The van der Waals surface area contributed by atoms with Crippen molar-refractivity contribution in [3.05, 3.63) is 59.9 Å². The summed E-state index contributed by atoms with van der Waals surface area (Å²) in [5.41, 5.74) is 7.22. The second kappa shape index (κ2) is 8.70. The van der Waals surface area contributed by atoms with Gasteiger partial charge < -0.3 is 11.1 Å². The predicted octanol–water partition coefficient (Wildman–Crippen LogP) is 3.40. The number of rotatable bonds is 7. The van der Waals surface area contributed by atoms with Crippen LogP contribution in [0.4, 0.5) is 20.4 Å². The first-order valence-electron chi connectivity index (χ1n) is 10.1. The van der Waals surface area contributed by atoms with E-state index in [1.165, 1.54) is 22.7 Å². The summed E-state index contributed by atoms with van der Waals surface area (Å²) >= 11 is 0. The molecular weight excluding hydrogens is 452 g/mol. The zero-order valence-corrected chi connectivity index (χ0v) is 18.6. The third-order valence-electron chi connectivity index (χ3n) is 4.95. The van der Waals surface area contributed by atoms with Crippen molar-refractivity contribution in [1.29, 1.82) is 0 Å². The average Bonchev–Trinajstić information content (AvgIpc) is 3.08. The highest BCUT2D eigenvalue weighted by atomic mass is 32.2. The van der Waals surface area contributed by atoms with Crippen LogP contribution >= 0.6 is 0 Å². The van der Waals surface area contributed by atoms with Gasteiger partial charge in [0, 0.05) is 36.3 Å². The summed E-state index contributed by atoms with van der Waals surface area (Å²) < 4.78 is 54.0. The maximum Gasteiger partial charge on any atom is 0.249 e. The van der Waals surface area contributed by atoms with Crippen LogP contribution in [0.1, 0.15) is 31.4 Å². The Kier molecular flexibility index (Phi) is 5.93. The van der Waals surface area contributed by atoms with Crippen molar-refractivity contribution < 1.29 is 17.2 Å². The molecule has 0 bridgehead atoms. The molecule has 3 heterocycles. The number of nitrogen functional groups attached to an aromatic ring is 1. The molecule has 12 heteroatoms. The summed E-state index contributed by atoms with van der Waals surface area (Å²) in [5, 5.41) is 6.82. The summed E-state index contributed by atoms with van der Waals surface area (Å²) in [6.45, 7) is 1.91. The van der Waals surface area contributed by atoms with Gasteiger partial charge in [0.05, 0.1) is 17.3 Å². The first kappa shape index (κ1) is 22.5. The number of aromatic nitrogens is 5. The van der Waals surface area contributed by atoms with Crippen LogP contribution in [0.25, 0.3) is 16.9 Å². The molecule has 1 atom stereocenters. The van der Waals surface area contributed by atoms with Crippen molar-refractivity contribution in [2.45, 2.75) is 31.0 Å². The molecule has 1 aromatic carbocycles. The highest BCUT2D eigenvalue weighted by Crippen LogP contribution is 2.32. The van der Waals surface area contributed by atoms with Crippen molar-refractivity contribution in [2.24, 2.45) is 0 Å². The Bertz CT molecular complexity index is 1440. The number of benzene rings is 1. The van der Waals surface area contributed by atoms with Gasteiger partial charge in [-0.3, -0.25) is 0 Å². The summed E-state index contributed by atoms with van der Waals surface area (Å²) in [5.74, 6) is -1.16. The molecule has 0 saturated carbocycles. The Balaban J connectivity index is 1.85. The van der Waals surface area contributed by atoms with E-state index in [0.717, 1.165) is 12.3 Å². The Morgan fingerprint density at radius 1 is 1.21 bits per heavy atom. The summed E-state index contributed by atoms with van der Waals surface area (Å²) in [7, 11) is -3.81. The topological polar surface area (TPSA) is 128 Å². The fraction of sp³-hybridized carbons (Fsp3) is 0.238. The van der Waals surface area contributed by atoms with E-state index in [4.69, 9.17) is 5.73 Å². The number of nitrogens with two attached hydrogens (primary N) is 1. The summed E-state index contributed by atoms with van der Waals surface area (Å²) in [6, 6.07) is 5.90. The van der Waals surface area contributed by atoms with Gasteiger partial charge in [0.2, 0.25) is 15.0 Å². The zero-order chi connectivity index (χ0) is 23.8. The summed E-state index contributed by atoms with van der Waals surface area (Å²) in [4.78, 5) is 12.6. The molecule has 0 unspecified atom stereocenters. The monoisotopic (exact) mass is 473 g/mol. The fourth-order valence-corrected chi connectivity index (χ4v) is 4.03. The third kappa shape index (κ3) is 4.60. The van der Waals surface area contributed by atoms with Gasteiger partial charge in [0.25, 0.3) is 0 Å². The highest BCUT2D eigenvalue weighted by Gasteiger charge is 2.22. The molecule has 9 nitrogen and oxygen atoms in total. The second-order valence-electron chi connectivity index (χ2n) is 7.49. The Morgan fingerprint density at radius 3 is 2.70 bits per heavy atom. The number of halogens is 2. The molecule has 0 saturated heterocycles. The van der Waals surface area contributed by atoms with Crippen LogP contribution in [-0.2, 0) is 9.84 Å². The van der Waals surface area contributed by atoms with E-state index in [9.17, 15) is 17.2 Å². The van der Waals surface area contributed by atoms with Gasteiger partial charge in [-0.2, -0.15) is 0 Å². The van der Waals surface area contributed by atoms with Crippen molar-refractivity contribution in [2.75, 3.05) is 17.3 Å². The van der Waals surface area contributed by atoms with Gasteiger partial charge in [-0.25, -0.2) is 36.7 Å². The number of sulfone groups is 1. The SMILES string of the molecule is CCC[C@H](Nc1cc(-c2c(N)nn3cccnc23)nc(S(C)(=O)=O)n1)c1ccc(F)cc1F. The van der Waals surface area contributed by atoms with Crippen LogP contribution < -0.4 is 11.1 Å². The minimum Gasteiger partial charge on any atom is -0.382 e. The molecule has 4 rings (SSSR count). The van der Waals surface area contributed by atoms with E-state index in [1.54, 1.807) is 18.5 Å². The van der Waals surface area contributed by atoms with Crippen molar-refractivity contribution in [3.63, 3.8) is 0 Å². The Labute approximate surface area is 188 Å². The minimum absolute atomic E-state index is 0.104. The molecule has 33 heavy (non-hydrogen) atoms. The molecule has 3 N–H and O–H groups in total. The van der Waals surface area contributed by atoms with E-state index in [1.807, 2.05) is 6.92 Å². The lowest BCUT2D eigenvalue weighted by Crippen LogP contribution is -2.15. The van der Waals surface area contributed by atoms with Crippen LogP contribution in [0.5, 0.6) is 0 Å². The Morgan fingerprint density at radius 2 is 2.00 bits per heavy atom. The van der Waals surface area contributed by atoms with E-state index >= 15 is 0 Å². The minimum atomic E-state index is -3.81. The molecular formula is C21H21F2N7O2S. The van der Waals surface area contributed by atoms with Gasteiger partial charge in [0.1, 0.15) is 17.5 Å². The number of hydrogen-bond acceptors (Lipinski definition) is 8.